The van der Waals surface area contributed by atoms with Crippen LogP contribution in [0, 0.1) is 5.92 Å². The van der Waals surface area contributed by atoms with E-state index in [-0.39, 0.29) is 55.4 Å². The van der Waals surface area contributed by atoms with Gasteiger partial charge >= 0.3 is 0 Å². The minimum absolute atomic E-state index is 0.00697. The van der Waals surface area contributed by atoms with Crippen molar-refractivity contribution in [3.8, 4) is 0 Å². The summed E-state index contributed by atoms with van der Waals surface area (Å²) in [6, 6.07) is 9.51. The molecule has 2 bridgehead atoms. The molecule has 3 aliphatic heterocycles. The highest BCUT2D eigenvalue weighted by atomic mass is 31.2. The van der Waals surface area contributed by atoms with E-state index < -0.39 is 14.3 Å². The van der Waals surface area contributed by atoms with Gasteiger partial charge in [0, 0.05) is 33.5 Å². The molecule has 0 aliphatic carbocycles. The summed E-state index contributed by atoms with van der Waals surface area (Å²) in [5.74, 6) is 2.21. The lowest BCUT2D eigenvalue weighted by atomic mass is 9.75. The number of hydrogen-bond donors (Lipinski definition) is 0. The molecule has 0 aromatic heterocycles. The summed E-state index contributed by atoms with van der Waals surface area (Å²) in [7, 11) is -6.38. The second kappa shape index (κ2) is 11.4. The van der Waals surface area contributed by atoms with Gasteiger partial charge in [-0.05, 0) is 85.5 Å². The zero-order valence-corrected chi connectivity index (χ0v) is 37.3. The van der Waals surface area contributed by atoms with E-state index in [4.69, 9.17) is 0 Å². The third kappa shape index (κ3) is 6.08. The van der Waals surface area contributed by atoms with Gasteiger partial charge in [0.05, 0.1) is 0 Å². The summed E-state index contributed by atoms with van der Waals surface area (Å²) in [5, 5.41) is 2.15. The van der Waals surface area contributed by atoms with Crippen molar-refractivity contribution in [3.63, 3.8) is 0 Å². The smallest absolute Gasteiger partial charge is 0.141 e. The van der Waals surface area contributed by atoms with Gasteiger partial charge in [-0.1, -0.05) is 166 Å². The zero-order chi connectivity index (χ0) is 38.3. The highest BCUT2D eigenvalue weighted by Gasteiger charge is 2.70. The van der Waals surface area contributed by atoms with Gasteiger partial charge in [0.15, 0.2) is 0 Å². The quantitative estimate of drug-likeness (QED) is 0.229. The van der Waals surface area contributed by atoms with Crippen LogP contribution >= 0.6 is 14.3 Å². The molecule has 5 rings (SSSR count). The molecule has 0 radical (unpaired) electrons. The molecule has 3 aliphatic rings. The summed E-state index contributed by atoms with van der Waals surface area (Å²) in [6.07, 6.45) is 2.33. The van der Waals surface area contributed by atoms with Crippen LogP contribution in [0.4, 0.5) is 0 Å². The van der Waals surface area contributed by atoms with E-state index in [0.717, 1.165) is 10.6 Å². The predicted molar refractivity (Wildman–Crippen MR) is 222 cm³/mol. The maximum absolute atomic E-state index is 16.9. The molecule has 2 nitrogen and oxygen atoms in total. The maximum Gasteiger partial charge on any atom is 0.141 e. The fraction of sp³-hybridized carbons (Fsp3) is 0.652. The lowest BCUT2D eigenvalue weighted by molar-refractivity contribution is 0.539. The molecule has 276 valence electrons. The third-order valence-corrected chi connectivity index (χ3v) is 19.9. The van der Waals surface area contributed by atoms with E-state index in [1.54, 1.807) is 0 Å². The van der Waals surface area contributed by atoms with E-state index in [1.165, 1.54) is 44.5 Å². The number of fused-ring (bicyclic) bond motifs is 5. The van der Waals surface area contributed by atoms with Gasteiger partial charge in [0.25, 0.3) is 0 Å². The lowest BCUT2D eigenvalue weighted by Crippen LogP contribution is -2.37. The van der Waals surface area contributed by atoms with E-state index in [9.17, 15) is 0 Å². The molecular formula is C46H70O2P2. The highest BCUT2D eigenvalue weighted by molar-refractivity contribution is 7.80. The monoisotopic (exact) mass is 716 g/mol. The molecule has 0 amide bonds. The third-order valence-electron chi connectivity index (χ3n) is 12.1. The Morgan fingerprint density at radius 3 is 1.14 bits per heavy atom. The van der Waals surface area contributed by atoms with Crippen molar-refractivity contribution >= 4 is 24.9 Å². The maximum atomic E-state index is 16.9. The number of hydrogen-bond acceptors (Lipinski definition) is 2. The average molecular weight is 717 g/mol. The predicted octanol–water partition coefficient (Wildman–Crippen LogP) is 12.8. The molecule has 4 heteroatoms. The van der Waals surface area contributed by atoms with Crippen molar-refractivity contribution in [2.75, 3.05) is 0 Å². The van der Waals surface area contributed by atoms with Crippen molar-refractivity contribution in [2.24, 2.45) is 5.92 Å². The first-order valence-electron chi connectivity index (χ1n) is 19.1. The molecule has 3 heterocycles. The molecule has 1 fully saturated rings. The Balaban J connectivity index is 1.91. The van der Waals surface area contributed by atoms with Gasteiger partial charge in [0.2, 0.25) is 0 Å². The first-order valence-corrected chi connectivity index (χ1v) is 22.8. The van der Waals surface area contributed by atoms with Crippen LogP contribution in [0.5, 0.6) is 0 Å². The average Bonchev–Trinajstić information content (AvgIpc) is 3.44. The molecule has 1 saturated heterocycles. The highest BCUT2D eigenvalue weighted by Crippen LogP contribution is 2.82. The van der Waals surface area contributed by atoms with Gasteiger partial charge in [-0.15, -0.1) is 0 Å². The van der Waals surface area contributed by atoms with Crippen molar-refractivity contribution in [1.82, 2.24) is 0 Å². The Hall–Kier alpha value is -1.62. The zero-order valence-electron chi connectivity index (χ0n) is 35.5. The minimum Gasteiger partial charge on any atom is -0.317 e. The van der Waals surface area contributed by atoms with Crippen LogP contribution in [-0.2, 0) is 41.6 Å². The molecule has 2 unspecified atom stereocenters. The number of benzene rings is 2. The van der Waals surface area contributed by atoms with Crippen LogP contribution in [0.1, 0.15) is 172 Å². The largest absolute Gasteiger partial charge is 0.317 e. The van der Waals surface area contributed by atoms with Crippen LogP contribution in [0.25, 0.3) is 0 Å². The van der Waals surface area contributed by atoms with Crippen molar-refractivity contribution in [1.29, 1.82) is 0 Å². The van der Waals surface area contributed by atoms with Gasteiger partial charge in [-0.2, -0.15) is 0 Å². The second-order valence-electron chi connectivity index (χ2n) is 22.5. The molecule has 2 aromatic rings. The van der Waals surface area contributed by atoms with Crippen molar-refractivity contribution in [3.05, 3.63) is 80.7 Å². The Bertz CT molecular complexity index is 1820. The number of rotatable bonds is 2. The van der Waals surface area contributed by atoms with Crippen molar-refractivity contribution in [2.45, 2.75) is 188 Å². The molecule has 0 saturated carbocycles. The number of allylic oxidation sites excluding steroid dienone is 3. The van der Waals surface area contributed by atoms with Gasteiger partial charge < -0.3 is 9.13 Å². The summed E-state index contributed by atoms with van der Waals surface area (Å²) in [4.78, 5) is 0. The van der Waals surface area contributed by atoms with Crippen LogP contribution in [0.15, 0.2) is 47.3 Å². The molecule has 50 heavy (non-hydrogen) atoms. The Labute approximate surface area is 307 Å². The van der Waals surface area contributed by atoms with Gasteiger partial charge in [-0.25, -0.2) is 0 Å². The molecular weight excluding hydrogens is 646 g/mol. The normalized spacial score (nSPS) is 29.0. The molecule has 0 spiro atoms. The Kier molecular flexibility index (Phi) is 9.06. The van der Waals surface area contributed by atoms with Crippen molar-refractivity contribution < 1.29 is 9.13 Å². The molecule has 6 atom stereocenters. The minimum atomic E-state index is -3.22. The van der Waals surface area contributed by atoms with Crippen LogP contribution in [-0.4, -0.2) is 17.0 Å². The van der Waals surface area contributed by atoms with Crippen LogP contribution < -0.4 is 10.6 Å². The molecule has 0 N–H and O–H groups in total. The topological polar surface area (TPSA) is 34.1 Å². The van der Waals surface area contributed by atoms with Crippen LogP contribution in [0.2, 0.25) is 0 Å². The van der Waals surface area contributed by atoms with E-state index in [0.29, 0.717) is 0 Å². The summed E-state index contributed by atoms with van der Waals surface area (Å²) in [6.45, 7) is 45.5. The van der Waals surface area contributed by atoms with Gasteiger partial charge in [0.1, 0.15) is 14.3 Å². The lowest BCUT2D eigenvalue weighted by Gasteiger charge is -2.39. The first-order chi connectivity index (χ1) is 22.2. The second-order valence-corrected chi connectivity index (χ2v) is 28.2. The Morgan fingerprint density at radius 2 is 0.820 bits per heavy atom. The summed E-state index contributed by atoms with van der Waals surface area (Å²) >= 11 is 0. The SMILES string of the molecule is CC1=CP(=O)(c2c(C(C)(C)C)cc(C(C)(C)C)cc2C(C)(C)C)[C@H]2[C@@H]1[C@H]1C(C)=C[C@@H]2P1(=O)c1c(C(C)(C)C)cc(C(C)(C)C)cc1C(C)(C)C. The van der Waals surface area contributed by atoms with E-state index in [2.05, 4.69) is 175 Å². The van der Waals surface area contributed by atoms with E-state index >= 15 is 9.13 Å². The fourth-order valence-corrected chi connectivity index (χ4v) is 20.2. The van der Waals surface area contributed by atoms with E-state index in [1.807, 2.05) is 0 Å². The van der Waals surface area contributed by atoms with Gasteiger partial charge in [-0.3, -0.25) is 0 Å². The summed E-state index contributed by atoms with van der Waals surface area (Å²) in [5.41, 5.74) is 8.26. The van der Waals surface area contributed by atoms with Crippen LogP contribution in [0.3, 0.4) is 0 Å². The fourth-order valence-electron chi connectivity index (χ4n) is 9.35. The first kappa shape index (κ1) is 39.6. The standard InChI is InChI=1S/C46H70O2P2/c1-27-21-35-40-36(37(27)50(35,48)39-33(45(15,16)17)24-30(42(6,7)8)25-34(39)46(18,19)20)28(2)26-49(40,47)38-31(43(9,10)11)22-29(41(3,4)5)23-32(38)44(12,13)14/h21-26,35-37,40H,1-20H3/t35-,36-,37+,40+,49?,50?/m0/s1. The molecule has 2 aromatic carbocycles. The summed E-state index contributed by atoms with van der Waals surface area (Å²) < 4.78 is 33.5. The Morgan fingerprint density at radius 1 is 0.480 bits per heavy atom.